The van der Waals surface area contributed by atoms with Gasteiger partial charge in [0.25, 0.3) is 0 Å². The molecule has 1 aliphatic heterocycles. The summed E-state index contributed by atoms with van der Waals surface area (Å²) in [6.45, 7) is 4.19. The molecule has 0 spiro atoms. The summed E-state index contributed by atoms with van der Waals surface area (Å²) in [5.74, 6) is 0.285. The Morgan fingerprint density at radius 3 is 2.75 bits per heavy atom. The van der Waals surface area contributed by atoms with Crippen LogP contribution >= 0.6 is 11.8 Å². The Morgan fingerprint density at radius 1 is 1.38 bits per heavy atom. The van der Waals surface area contributed by atoms with Gasteiger partial charge in [-0.15, -0.1) is 11.8 Å². The van der Waals surface area contributed by atoms with Crippen LogP contribution in [0.3, 0.4) is 0 Å². The van der Waals surface area contributed by atoms with E-state index in [0.29, 0.717) is 5.92 Å². The third kappa shape index (κ3) is 2.08. The molecular formula is C12H16N2OS. The molecule has 0 radical (unpaired) electrons. The number of para-hydroxylation sites is 1. The summed E-state index contributed by atoms with van der Waals surface area (Å²) >= 11 is 1.69. The highest BCUT2D eigenvalue weighted by Crippen LogP contribution is 2.37. The van der Waals surface area contributed by atoms with Crippen LogP contribution in [0.15, 0.2) is 29.2 Å². The van der Waals surface area contributed by atoms with E-state index in [1.54, 1.807) is 11.8 Å². The third-order valence-corrected chi connectivity index (χ3v) is 4.44. The van der Waals surface area contributed by atoms with Gasteiger partial charge in [0, 0.05) is 10.1 Å². The zero-order valence-corrected chi connectivity index (χ0v) is 10.3. The Morgan fingerprint density at radius 2 is 2.06 bits per heavy atom. The van der Waals surface area contributed by atoms with Gasteiger partial charge in [-0.05, 0) is 18.1 Å². The Labute approximate surface area is 99.8 Å². The number of benzene rings is 1. The lowest BCUT2D eigenvalue weighted by atomic mass is 10.0. The number of nitrogens with one attached hydrogen (secondary N) is 1. The minimum Gasteiger partial charge on any atom is -0.324 e. The van der Waals surface area contributed by atoms with E-state index < -0.39 is 6.04 Å². The smallest absolute Gasteiger partial charge is 0.242 e. The van der Waals surface area contributed by atoms with Crippen molar-refractivity contribution >= 4 is 23.4 Å². The van der Waals surface area contributed by atoms with Crippen molar-refractivity contribution in [3.8, 4) is 0 Å². The van der Waals surface area contributed by atoms with E-state index in [0.717, 1.165) is 10.6 Å². The van der Waals surface area contributed by atoms with Gasteiger partial charge in [0.05, 0.1) is 11.7 Å². The minimum atomic E-state index is -0.447. The SMILES string of the molecule is CC(C)C1Sc2ccccc2NC(=O)C1N. The lowest BCUT2D eigenvalue weighted by molar-refractivity contribution is -0.117. The molecule has 0 saturated heterocycles. The van der Waals surface area contributed by atoms with Crippen LogP contribution in [-0.4, -0.2) is 17.2 Å². The van der Waals surface area contributed by atoms with Crippen molar-refractivity contribution in [3.05, 3.63) is 24.3 Å². The Kier molecular flexibility index (Phi) is 3.21. The second-order valence-corrected chi connectivity index (χ2v) is 5.56. The Hall–Kier alpha value is -1.00. The Balaban J connectivity index is 2.38. The molecule has 0 fully saturated rings. The van der Waals surface area contributed by atoms with Gasteiger partial charge in [0.2, 0.25) is 5.91 Å². The highest BCUT2D eigenvalue weighted by atomic mass is 32.2. The van der Waals surface area contributed by atoms with Crippen LogP contribution in [0.2, 0.25) is 0 Å². The fraction of sp³-hybridized carbons (Fsp3) is 0.417. The summed E-state index contributed by atoms with van der Waals surface area (Å²) in [4.78, 5) is 12.9. The third-order valence-electron chi connectivity index (χ3n) is 2.72. The molecule has 1 aliphatic rings. The summed E-state index contributed by atoms with van der Waals surface area (Å²) in [7, 11) is 0. The Bertz CT molecular complexity index is 406. The van der Waals surface area contributed by atoms with Gasteiger partial charge in [0.1, 0.15) is 0 Å². The number of amides is 1. The van der Waals surface area contributed by atoms with E-state index in [9.17, 15) is 4.79 Å². The number of anilines is 1. The molecule has 0 bridgehead atoms. The number of carbonyl (C=O) groups excluding carboxylic acids is 1. The average Bonchev–Trinajstić information content (AvgIpc) is 2.37. The van der Waals surface area contributed by atoms with Crippen molar-refractivity contribution in [2.75, 3.05) is 5.32 Å². The molecule has 86 valence electrons. The second-order valence-electron chi connectivity index (χ2n) is 4.34. The molecule has 2 rings (SSSR count). The molecule has 2 atom stereocenters. The predicted octanol–water partition coefficient (Wildman–Crippen LogP) is 2.08. The number of hydrogen-bond donors (Lipinski definition) is 2. The molecule has 0 saturated carbocycles. The van der Waals surface area contributed by atoms with Crippen molar-refractivity contribution in [1.29, 1.82) is 0 Å². The monoisotopic (exact) mass is 236 g/mol. The van der Waals surface area contributed by atoms with Gasteiger partial charge in [-0.2, -0.15) is 0 Å². The van der Waals surface area contributed by atoms with Crippen molar-refractivity contribution in [1.82, 2.24) is 0 Å². The normalized spacial score (nSPS) is 24.9. The zero-order valence-electron chi connectivity index (χ0n) is 9.44. The number of rotatable bonds is 1. The van der Waals surface area contributed by atoms with Crippen LogP contribution in [0.5, 0.6) is 0 Å². The second kappa shape index (κ2) is 4.47. The van der Waals surface area contributed by atoms with Crippen LogP contribution in [0.25, 0.3) is 0 Å². The van der Waals surface area contributed by atoms with Crippen molar-refractivity contribution in [2.45, 2.75) is 30.0 Å². The summed E-state index contributed by atoms with van der Waals surface area (Å²) in [6.07, 6.45) is 0. The first kappa shape index (κ1) is 11.5. The first-order valence-corrected chi connectivity index (χ1v) is 6.29. The van der Waals surface area contributed by atoms with Gasteiger partial charge >= 0.3 is 0 Å². The fourth-order valence-corrected chi connectivity index (χ4v) is 3.05. The van der Waals surface area contributed by atoms with Crippen LogP contribution in [0, 0.1) is 5.92 Å². The van der Waals surface area contributed by atoms with Gasteiger partial charge in [-0.1, -0.05) is 26.0 Å². The maximum Gasteiger partial charge on any atom is 0.242 e. The van der Waals surface area contributed by atoms with E-state index in [1.807, 2.05) is 24.3 Å². The topological polar surface area (TPSA) is 55.1 Å². The van der Waals surface area contributed by atoms with Crippen LogP contribution in [0.4, 0.5) is 5.69 Å². The van der Waals surface area contributed by atoms with Gasteiger partial charge < -0.3 is 11.1 Å². The van der Waals surface area contributed by atoms with E-state index >= 15 is 0 Å². The first-order valence-electron chi connectivity index (χ1n) is 5.41. The van der Waals surface area contributed by atoms with Crippen LogP contribution in [0.1, 0.15) is 13.8 Å². The number of thioether (sulfide) groups is 1. The molecule has 0 aromatic heterocycles. The lowest BCUT2D eigenvalue weighted by Gasteiger charge is -2.22. The summed E-state index contributed by atoms with van der Waals surface area (Å²) in [6, 6.07) is 7.38. The number of nitrogens with two attached hydrogens (primary N) is 1. The first-order chi connectivity index (χ1) is 7.59. The van der Waals surface area contributed by atoms with E-state index in [1.165, 1.54) is 0 Å². The minimum absolute atomic E-state index is 0.0869. The lowest BCUT2D eigenvalue weighted by Crippen LogP contribution is -2.44. The van der Waals surface area contributed by atoms with Crippen LogP contribution in [-0.2, 0) is 4.79 Å². The number of carbonyl (C=O) groups is 1. The predicted molar refractivity (Wildman–Crippen MR) is 67.5 cm³/mol. The average molecular weight is 236 g/mol. The quantitative estimate of drug-likeness (QED) is 0.785. The van der Waals surface area contributed by atoms with E-state index in [2.05, 4.69) is 19.2 Å². The largest absolute Gasteiger partial charge is 0.324 e. The molecule has 1 aromatic carbocycles. The summed E-state index contributed by atoms with van der Waals surface area (Å²) in [5, 5.41) is 3.00. The maximum absolute atomic E-state index is 11.8. The molecule has 0 aliphatic carbocycles. The number of hydrogen-bond acceptors (Lipinski definition) is 3. The standard InChI is InChI=1S/C12H16N2OS/c1-7(2)11-10(13)12(15)14-8-5-3-4-6-9(8)16-11/h3-7,10-11H,13H2,1-2H3,(H,14,15). The van der Waals surface area contributed by atoms with Crippen molar-refractivity contribution in [3.63, 3.8) is 0 Å². The van der Waals surface area contributed by atoms with E-state index in [-0.39, 0.29) is 11.2 Å². The van der Waals surface area contributed by atoms with Gasteiger partial charge in [0.15, 0.2) is 0 Å². The molecule has 4 heteroatoms. The van der Waals surface area contributed by atoms with Gasteiger partial charge in [-0.3, -0.25) is 4.79 Å². The summed E-state index contributed by atoms with van der Waals surface area (Å²) < 4.78 is 0. The molecule has 3 nitrogen and oxygen atoms in total. The number of fused-ring (bicyclic) bond motifs is 1. The van der Waals surface area contributed by atoms with Crippen LogP contribution < -0.4 is 11.1 Å². The van der Waals surface area contributed by atoms with E-state index in [4.69, 9.17) is 5.73 Å². The van der Waals surface area contributed by atoms with Gasteiger partial charge in [-0.25, -0.2) is 0 Å². The molecule has 1 heterocycles. The molecule has 3 N–H and O–H groups in total. The van der Waals surface area contributed by atoms with Crippen molar-refractivity contribution < 1.29 is 4.79 Å². The maximum atomic E-state index is 11.8. The highest BCUT2D eigenvalue weighted by Gasteiger charge is 2.31. The fourth-order valence-electron chi connectivity index (χ4n) is 1.81. The molecule has 16 heavy (non-hydrogen) atoms. The van der Waals surface area contributed by atoms with Crippen molar-refractivity contribution in [2.24, 2.45) is 11.7 Å². The highest BCUT2D eigenvalue weighted by molar-refractivity contribution is 8.00. The molecule has 2 unspecified atom stereocenters. The molecule has 1 amide bonds. The summed E-state index contributed by atoms with van der Waals surface area (Å²) in [5.41, 5.74) is 6.84. The zero-order chi connectivity index (χ0) is 11.7. The molecule has 1 aromatic rings. The molecular weight excluding hydrogens is 220 g/mol.